The molecule has 0 fully saturated rings. The van der Waals surface area contributed by atoms with Crippen LogP contribution in [0.15, 0.2) is 41.3 Å². The summed E-state index contributed by atoms with van der Waals surface area (Å²) in [7, 11) is -6.86. The quantitative estimate of drug-likeness (QED) is 0.462. The summed E-state index contributed by atoms with van der Waals surface area (Å²) in [6, 6.07) is 6.30. The molecule has 0 aliphatic carbocycles. The Kier molecular flexibility index (Phi) is 8.37. The van der Waals surface area contributed by atoms with E-state index in [1.165, 1.54) is 19.2 Å². The minimum absolute atomic E-state index is 0.0422. The zero-order valence-corrected chi connectivity index (χ0v) is 23.3. The summed E-state index contributed by atoms with van der Waals surface area (Å²) in [6.07, 6.45) is -6.36. The molecule has 1 heterocycles. The average Bonchev–Trinajstić information content (AvgIpc) is 2.78. The van der Waals surface area contributed by atoms with Crippen LogP contribution < -0.4 is 14.4 Å². The molecule has 3 rings (SSSR count). The van der Waals surface area contributed by atoms with E-state index in [1.807, 2.05) is 0 Å². The third kappa shape index (κ3) is 6.85. The first-order valence-corrected chi connectivity index (χ1v) is 14.7. The van der Waals surface area contributed by atoms with Crippen molar-refractivity contribution >= 4 is 49.1 Å². The van der Waals surface area contributed by atoms with Gasteiger partial charge in [0.2, 0.25) is 15.6 Å². The smallest absolute Gasteiger partial charge is 0.427 e. The number of carbonyl (C=O) groups is 1. The zero-order chi connectivity index (χ0) is 29.6. The van der Waals surface area contributed by atoms with E-state index in [0.717, 1.165) is 39.1 Å². The number of fused-ring (bicyclic) bond motifs is 1. The number of likely N-dealkylation sites (N-methyl/N-ethyl adjacent to an activating group) is 1. The second-order valence-corrected chi connectivity index (χ2v) is 13.5. The number of nitrogens with zero attached hydrogens (tertiary/aromatic N) is 2. The molecule has 0 bridgehead atoms. The molecule has 0 aromatic heterocycles. The number of rotatable bonds is 7. The number of benzene rings is 2. The minimum atomic E-state index is -4.86. The SMILES string of the molecule is CN(CC1CN(S(=O)(=O)c2ccc(F)c(Cl)c2)c2cc(NC(=O)OC(C)(C)C(F)(F)F)ccc2O1)S(C)(=O)=O. The number of carbonyl (C=O) groups excluding carboxylic acids is 1. The van der Waals surface area contributed by atoms with Crippen LogP contribution in [-0.4, -0.2) is 71.5 Å². The Morgan fingerprint density at radius 3 is 2.38 bits per heavy atom. The van der Waals surface area contributed by atoms with E-state index in [0.29, 0.717) is 13.8 Å². The largest absolute Gasteiger partial charge is 0.485 e. The van der Waals surface area contributed by atoms with Gasteiger partial charge >= 0.3 is 12.3 Å². The lowest BCUT2D eigenvalue weighted by Crippen LogP contribution is -2.48. The fraction of sp³-hybridized carbons (Fsp3) is 0.409. The Hall–Kier alpha value is -2.82. The highest BCUT2D eigenvalue weighted by Crippen LogP contribution is 2.40. The molecule has 1 unspecified atom stereocenters. The maximum Gasteiger partial charge on any atom is 0.427 e. The number of anilines is 2. The first-order valence-electron chi connectivity index (χ1n) is 11.0. The van der Waals surface area contributed by atoms with Crippen molar-refractivity contribution in [3.63, 3.8) is 0 Å². The molecule has 0 radical (unpaired) electrons. The van der Waals surface area contributed by atoms with Crippen molar-refractivity contribution in [3.05, 3.63) is 47.2 Å². The number of ether oxygens (including phenoxy) is 2. The third-order valence-electron chi connectivity index (χ3n) is 5.67. The number of hydrogen-bond acceptors (Lipinski definition) is 7. The van der Waals surface area contributed by atoms with Gasteiger partial charge in [0.25, 0.3) is 10.0 Å². The highest BCUT2D eigenvalue weighted by atomic mass is 35.5. The minimum Gasteiger partial charge on any atom is -0.485 e. The lowest BCUT2D eigenvalue weighted by molar-refractivity contribution is -0.242. The fourth-order valence-corrected chi connectivity index (χ4v) is 5.54. The van der Waals surface area contributed by atoms with Crippen LogP contribution in [0.2, 0.25) is 5.02 Å². The van der Waals surface area contributed by atoms with Gasteiger partial charge in [0.05, 0.1) is 35.0 Å². The molecule has 10 nitrogen and oxygen atoms in total. The Balaban J connectivity index is 2.01. The number of amides is 1. The normalized spacial score (nSPS) is 16.5. The summed E-state index contributed by atoms with van der Waals surface area (Å²) < 4.78 is 116. The molecule has 39 heavy (non-hydrogen) atoms. The third-order valence-corrected chi connectivity index (χ3v) is 9.02. The van der Waals surface area contributed by atoms with Crippen LogP contribution in [0.25, 0.3) is 0 Å². The highest BCUT2D eigenvalue weighted by molar-refractivity contribution is 7.92. The number of nitrogens with one attached hydrogen (secondary N) is 1. The van der Waals surface area contributed by atoms with Gasteiger partial charge in [-0.05, 0) is 50.2 Å². The van der Waals surface area contributed by atoms with E-state index in [1.54, 1.807) is 0 Å². The molecule has 1 atom stereocenters. The second kappa shape index (κ2) is 10.6. The molecule has 2 aromatic carbocycles. The lowest BCUT2D eigenvalue weighted by atomic mass is 10.1. The molecule has 1 aliphatic rings. The Morgan fingerprint density at radius 1 is 1.18 bits per heavy atom. The zero-order valence-electron chi connectivity index (χ0n) is 20.9. The van der Waals surface area contributed by atoms with Crippen molar-refractivity contribution in [1.82, 2.24) is 4.31 Å². The summed E-state index contributed by atoms with van der Waals surface area (Å²) in [5.74, 6) is -0.906. The lowest BCUT2D eigenvalue weighted by Gasteiger charge is -2.36. The maximum atomic E-state index is 13.7. The van der Waals surface area contributed by atoms with Crippen molar-refractivity contribution in [2.45, 2.75) is 36.6 Å². The molecule has 0 saturated carbocycles. The van der Waals surface area contributed by atoms with Crippen LogP contribution in [0.1, 0.15) is 13.8 Å². The van der Waals surface area contributed by atoms with Gasteiger partial charge in [0.1, 0.15) is 17.7 Å². The number of hydrogen-bond donors (Lipinski definition) is 1. The summed E-state index contributed by atoms with van der Waals surface area (Å²) in [5.41, 5.74) is -3.09. The predicted octanol–water partition coefficient (Wildman–Crippen LogP) is 4.22. The van der Waals surface area contributed by atoms with Crippen molar-refractivity contribution < 1.29 is 48.7 Å². The van der Waals surface area contributed by atoms with Crippen LogP contribution in [0.5, 0.6) is 5.75 Å². The second-order valence-electron chi connectivity index (χ2n) is 9.10. The molecular weight excluding hydrogens is 594 g/mol. The van der Waals surface area contributed by atoms with Crippen LogP contribution in [0.3, 0.4) is 0 Å². The molecule has 1 N–H and O–H groups in total. The molecule has 216 valence electrons. The van der Waals surface area contributed by atoms with Crippen molar-refractivity contribution in [3.8, 4) is 5.75 Å². The fourth-order valence-electron chi connectivity index (χ4n) is 3.33. The molecule has 1 amide bonds. The highest BCUT2D eigenvalue weighted by Gasteiger charge is 2.51. The van der Waals surface area contributed by atoms with Gasteiger partial charge in [-0.25, -0.2) is 30.3 Å². The Morgan fingerprint density at radius 2 is 1.82 bits per heavy atom. The molecule has 0 saturated heterocycles. The van der Waals surface area contributed by atoms with Crippen LogP contribution in [0, 0.1) is 5.82 Å². The topological polar surface area (TPSA) is 122 Å². The standard InChI is InChI=1S/C22H24ClF4N3O7S2/c1-21(2,22(25,26)27)37-20(31)28-13-5-8-19-18(9-13)30(12-14(36-19)11-29(3)38(4,32)33)39(34,35)15-6-7-17(24)16(23)10-15/h5-10,14H,11-12H2,1-4H3,(H,28,31). The average molecular weight is 618 g/mol. The first-order chi connectivity index (χ1) is 17.7. The van der Waals surface area contributed by atoms with Crippen molar-refractivity contribution in [2.24, 2.45) is 0 Å². The first kappa shape index (κ1) is 30.7. The van der Waals surface area contributed by atoms with Crippen LogP contribution in [0.4, 0.5) is 33.7 Å². The number of sulfonamides is 2. The maximum absolute atomic E-state index is 13.7. The van der Waals surface area contributed by atoms with Crippen LogP contribution >= 0.6 is 11.6 Å². The van der Waals surface area contributed by atoms with E-state index in [-0.39, 0.29) is 23.7 Å². The Bertz CT molecular complexity index is 1480. The van der Waals surface area contributed by atoms with Crippen LogP contribution in [-0.2, 0) is 24.8 Å². The van der Waals surface area contributed by atoms with E-state index in [2.05, 4.69) is 10.1 Å². The monoisotopic (exact) mass is 617 g/mol. The molecule has 0 spiro atoms. The summed E-state index contributed by atoms with van der Waals surface area (Å²) in [4.78, 5) is 11.8. The molecular formula is C22H24ClF4N3O7S2. The molecule has 2 aromatic rings. The van der Waals surface area contributed by atoms with Gasteiger partial charge < -0.3 is 9.47 Å². The number of alkyl halides is 3. The van der Waals surface area contributed by atoms with Crippen molar-refractivity contribution in [2.75, 3.05) is 36.0 Å². The van der Waals surface area contributed by atoms with E-state index < -0.39 is 66.3 Å². The Labute approximate surface area is 227 Å². The van der Waals surface area contributed by atoms with E-state index in [9.17, 15) is 39.2 Å². The predicted molar refractivity (Wildman–Crippen MR) is 135 cm³/mol. The van der Waals surface area contributed by atoms with E-state index in [4.69, 9.17) is 16.3 Å². The number of halogens is 5. The van der Waals surface area contributed by atoms with Gasteiger partial charge in [0, 0.05) is 12.7 Å². The molecule has 17 heteroatoms. The van der Waals surface area contributed by atoms with Gasteiger partial charge in [0.15, 0.2) is 0 Å². The summed E-state index contributed by atoms with van der Waals surface area (Å²) in [5, 5.41) is 1.65. The van der Waals surface area contributed by atoms with Gasteiger partial charge in [-0.3, -0.25) is 9.62 Å². The van der Waals surface area contributed by atoms with E-state index >= 15 is 0 Å². The summed E-state index contributed by atoms with van der Waals surface area (Å²) in [6.45, 7) is 0.651. The van der Waals surface area contributed by atoms with Gasteiger partial charge in [-0.2, -0.15) is 13.2 Å². The van der Waals surface area contributed by atoms with Crippen molar-refractivity contribution in [1.29, 1.82) is 0 Å². The molecule has 1 aliphatic heterocycles. The summed E-state index contributed by atoms with van der Waals surface area (Å²) >= 11 is 5.78. The van der Waals surface area contributed by atoms with Gasteiger partial charge in [-0.15, -0.1) is 0 Å². The van der Waals surface area contributed by atoms with Gasteiger partial charge in [-0.1, -0.05) is 11.6 Å².